The summed E-state index contributed by atoms with van der Waals surface area (Å²) in [6, 6.07) is 14.3. The average molecular weight is 367 g/mol. The monoisotopic (exact) mass is 367 g/mol. The zero-order valence-electron chi connectivity index (χ0n) is 15.2. The van der Waals surface area contributed by atoms with Gasteiger partial charge in [0.15, 0.2) is 17.1 Å². The highest BCUT2D eigenvalue weighted by molar-refractivity contribution is 5.83. The molecule has 7 heteroatoms. The fourth-order valence-electron chi connectivity index (χ4n) is 3.44. The minimum atomic E-state index is 0.378. The summed E-state index contributed by atoms with van der Waals surface area (Å²) in [7, 11) is 0. The number of anilines is 1. The minimum Gasteiger partial charge on any atom is -0.382 e. The summed E-state index contributed by atoms with van der Waals surface area (Å²) in [4.78, 5) is 22.1. The third-order valence-electron chi connectivity index (χ3n) is 4.84. The van der Waals surface area contributed by atoms with Gasteiger partial charge >= 0.3 is 0 Å². The number of rotatable bonds is 3. The molecular formula is C21H17N7. The van der Waals surface area contributed by atoms with Crippen molar-refractivity contribution < 1.29 is 0 Å². The highest BCUT2D eigenvalue weighted by atomic mass is 15.1. The summed E-state index contributed by atoms with van der Waals surface area (Å²) in [5.41, 5.74) is 12.2. The lowest BCUT2D eigenvalue weighted by Gasteiger charge is -2.13. The predicted molar refractivity (Wildman–Crippen MR) is 109 cm³/mol. The van der Waals surface area contributed by atoms with Gasteiger partial charge in [-0.2, -0.15) is 0 Å². The van der Waals surface area contributed by atoms with Crippen LogP contribution in [0.1, 0.15) is 11.1 Å². The summed E-state index contributed by atoms with van der Waals surface area (Å²) < 4.78 is 1.97. The second-order valence-electron chi connectivity index (χ2n) is 6.66. The highest BCUT2D eigenvalue weighted by Crippen LogP contribution is 2.29. The third kappa shape index (κ3) is 2.64. The van der Waals surface area contributed by atoms with E-state index in [0.29, 0.717) is 23.5 Å². The van der Waals surface area contributed by atoms with Gasteiger partial charge in [0, 0.05) is 17.1 Å². The molecule has 7 nitrogen and oxygen atoms in total. The molecule has 0 bridgehead atoms. The number of nitrogen functional groups attached to an aromatic ring is 1. The van der Waals surface area contributed by atoms with Gasteiger partial charge in [-0.1, -0.05) is 24.3 Å². The Morgan fingerprint density at radius 1 is 1.00 bits per heavy atom. The SMILES string of the molecule is Cc1ccccc1-c1nc2ncccc2cc1Cn1cnc2c(N)ncnc21. The van der Waals surface area contributed by atoms with Gasteiger partial charge in [0.2, 0.25) is 0 Å². The Bertz CT molecular complexity index is 1320. The second kappa shape index (κ2) is 6.38. The smallest absolute Gasteiger partial charge is 0.165 e. The molecule has 5 rings (SSSR count). The molecule has 2 N–H and O–H groups in total. The maximum absolute atomic E-state index is 5.93. The second-order valence-corrected chi connectivity index (χ2v) is 6.66. The normalized spacial score (nSPS) is 11.3. The number of nitrogens with zero attached hydrogens (tertiary/aromatic N) is 6. The highest BCUT2D eigenvalue weighted by Gasteiger charge is 2.15. The van der Waals surface area contributed by atoms with E-state index in [2.05, 4.69) is 45.1 Å². The number of aromatic nitrogens is 6. The minimum absolute atomic E-state index is 0.378. The van der Waals surface area contributed by atoms with E-state index in [1.807, 2.05) is 28.8 Å². The van der Waals surface area contributed by atoms with Crippen LogP contribution in [0.2, 0.25) is 0 Å². The zero-order chi connectivity index (χ0) is 19.1. The first-order valence-corrected chi connectivity index (χ1v) is 8.92. The molecule has 0 atom stereocenters. The lowest BCUT2D eigenvalue weighted by atomic mass is 10.00. The average Bonchev–Trinajstić information content (AvgIpc) is 3.12. The van der Waals surface area contributed by atoms with Crippen LogP contribution in [0.5, 0.6) is 0 Å². The number of hydrogen-bond donors (Lipinski definition) is 1. The molecule has 0 saturated carbocycles. The van der Waals surface area contributed by atoms with Crippen LogP contribution in [-0.2, 0) is 6.54 Å². The largest absolute Gasteiger partial charge is 0.382 e. The molecule has 0 amide bonds. The molecule has 0 spiro atoms. The molecule has 5 aromatic rings. The van der Waals surface area contributed by atoms with Crippen molar-refractivity contribution >= 4 is 28.0 Å². The standard InChI is InChI=1S/C21H17N7/c1-13-5-2-3-7-16(13)17-15(9-14-6-4-8-23-20(14)27-17)10-28-12-26-18-19(22)24-11-25-21(18)28/h2-9,11-12H,10H2,1H3,(H2,22,24,25). The van der Waals surface area contributed by atoms with Crippen LogP contribution in [0.3, 0.4) is 0 Å². The molecule has 0 aliphatic heterocycles. The Labute approximate surface area is 160 Å². The van der Waals surface area contributed by atoms with E-state index in [1.54, 1.807) is 12.5 Å². The van der Waals surface area contributed by atoms with Gasteiger partial charge in [-0.25, -0.2) is 24.9 Å². The van der Waals surface area contributed by atoms with Gasteiger partial charge in [-0.3, -0.25) is 0 Å². The van der Waals surface area contributed by atoms with E-state index in [4.69, 9.17) is 10.7 Å². The van der Waals surface area contributed by atoms with Crippen LogP contribution in [0.4, 0.5) is 5.82 Å². The Hall–Kier alpha value is -3.87. The number of hydrogen-bond acceptors (Lipinski definition) is 6. The zero-order valence-corrected chi connectivity index (χ0v) is 15.2. The molecule has 0 saturated heterocycles. The number of benzene rings is 1. The first kappa shape index (κ1) is 16.3. The van der Waals surface area contributed by atoms with Gasteiger partial charge in [0.05, 0.1) is 18.6 Å². The lowest BCUT2D eigenvalue weighted by Crippen LogP contribution is -2.04. The topological polar surface area (TPSA) is 95.4 Å². The van der Waals surface area contributed by atoms with Gasteiger partial charge in [-0.05, 0) is 36.2 Å². The van der Waals surface area contributed by atoms with Crippen molar-refractivity contribution in [3.63, 3.8) is 0 Å². The summed E-state index contributed by atoms with van der Waals surface area (Å²) >= 11 is 0. The first-order chi connectivity index (χ1) is 13.7. The molecular weight excluding hydrogens is 350 g/mol. The lowest BCUT2D eigenvalue weighted by molar-refractivity contribution is 0.812. The van der Waals surface area contributed by atoms with Gasteiger partial charge in [-0.15, -0.1) is 0 Å². The molecule has 0 radical (unpaired) electrons. The van der Waals surface area contributed by atoms with Crippen LogP contribution < -0.4 is 5.73 Å². The first-order valence-electron chi connectivity index (χ1n) is 8.92. The molecule has 0 aliphatic rings. The number of aryl methyl sites for hydroxylation is 1. The molecule has 0 unspecified atom stereocenters. The van der Waals surface area contributed by atoms with Crippen molar-refractivity contribution in [2.24, 2.45) is 0 Å². The Kier molecular flexibility index (Phi) is 3.72. The van der Waals surface area contributed by atoms with Crippen molar-refractivity contribution in [2.75, 3.05) is 5.73 Å². The van der Waals surface area contributed by atoms with Crippen molar-refractivity contribution in [2.45, 2.75) is 13.5 Å². The molecule has 136 valence electrons. The molecule has 4 aromatic heterocycles. The number of fused-ring (bicyclic) bond motifs is 2. The van der Waals surface area contributed by atoms with Crippen LogP contribution in [0.25, 0.3) is 33.5 Å². The number of nitrogens with two attached hydrogens (primary N) is 1. The predicted octanol–water partition coefficient (Wildman–Crippen LogP) is 3.38. The summed E-state index contributed by atoms with van der Waals surface area (Å²) in [6.07, 6.45) is 4.96. The molecule has 4 heterocycles. The van der Waals surface area contributed by atoms with E-state index in [0.717, 1.165) is 33.4 Å². The Morgan fingerprint density at radius 3 is 2.79 bits per heavy atom. The number of pyridine rings is 2. The Balaban J connectivity index is 1.72. The van der Waals surface area contributed by atoms with E-state index < -0.39 is 0 Å². The van der Waals surface area contributed by atoms with Crippen LogP contribution in [-0.4, -0.2) is 29.5 Å². The van der Waals surface area contributed by atoms with Crippen molar-refractivity contribution in [1.29, 1.82) is 0 Å². The fraction of sp³-hybridized carbons (Fsp3) is 0.0952. The summed E-state index contributed by atoms with van der Waals surface area (Å²) in [6.45, 7) is 2.65. The number of imidazole rings is 1. The third-order valence-corrected chi connectivity index (χ3v) is 4.84. The molecule has 0 fully saturated rings. The summed E-state index contributed by atoms with van der Waals surface area (Å²) in [5, 5.41) is 0.994. The van der Waals surface area contributed by atoms with E-state index in [9.17, 15) is 0 Å². The van der Waals surface area contributed by atoms with Gasteiger partial charge in [0.1, 0.15) is 11.8 Å². The van der Waals surface area contributed by atoms with Crippen molar-refractivity contribution in [3.05, 3.63) is 72.4 Å². The van der Waals surface area contributed by atoms with Crippen LogP contribution >= 0.6 is 0 Å². The van der Waals surface area contributed by atoms with Gasteiger partial charge < -0.3 is 10.3 Å². The Morgan fingerprint density at radius 2 is 1.89 bits per heavy atom. The molecule has 1 aromatic carbocycles. The van der Waals surface area contributed by atoms with E-state index >= 15 is 0 Å². The van der Waals surface area contributed by atoms with E-state index in [-0.39, 0.29) is 0 Å². The van der Waals surface area contributed by atoms with Crippen LogP contribution in [0.15, 0.2) is 61.3 Å². The van der Waals surface area contributed by atoms with E-state index in [1.165, 1.54) is 6.33 Å². The molecule has 28 heavy (non-hydrogen) atoms. The fourth-order valence-corrected chi connectivity index (χ4v) is 3.44. The van der Waals surface area contributed by atoms with Crippen molar-refractivity contribution in [1.82, 2.24) is 29.5 Å². The van der Waals surface area contributed by atoms with Crippen LogP contribution in [0, 0.1) is 6.92 Å². The quantitative estimate of drug-likeness (QED) is 0.525. The molecule has 0 aliphatic carbocycles. The van der Waals surface area contributed by atoms with Gasteiger partial charge in [0.25, 0.3) is 0 Å². The van der Waals surface area contributed by atoms with Crippen molar-refractivity contribution in [3.8, 4) is 11.3 Å². The maximum Gasteiger partial charge on any atom is 0.165 e. The summed E-state index contributed by atoms with van der Waals surface area (Å²) in [5.74, 6) is 0.378. The maximum atomic E-state index is 5.93.